The van der Waals surface area contributed by atoms with Crippen LogP contribution in [0.4, 0.5) is 11.5 Å². The Morgan fingerprint density at radius 1 is 1.03 bits per heavy atom. The number of carbonyl (C=O) groups is 2. The van der Waals surface area contributed by atoms with Gasteiger partial charge >= 0.3 is 0 Å². The lowest BCUT2D eigenvalue weighted by Gasteiger charge is -2.36. The lowest BCUT2D eigenvalue weighted by molar-refractivity contribution is 0.0652. The Morgan fingerprint density at radius 2 is 1.65 bits per heavy atom. The number of anilines is 2. The van der Waals surface area contributed by atoms with Gasteiger partial charge in [-0.15, -0.1) is 0 Å². The third-order valence-electron chi connectivity index (χ3n) is 6.15. The van der Waals surface area contributed by atoms with Crippen LogP contribution in [0.1, 0.15) is 47.9 Å². The van der Waals surface area contributed by atoms with Crippen LogP contribution in [0.25, 0.3) is 0 Å². The van der Waals surface area contributed by atoms with Gasteiger partial charge in [-0.05, 0) is 56.7 Å². The maximum atomic E-state index is 13.0. The fraction of sp³-hybridized carbons (Fsp3) is 0.480. The molecule has 9 heteroatoms. The summed E-state index contributed by atoms with van der Waals surface area (Å²) in [5.74, 6) is 0.410. The molecule has 1 saturated heterocycles. The molecule has 1 aliphatic rings. The molecule has 34 heavy (non-hydrogen) atoms. The number of carbonyl (C=O) groups excluding carboxylic acids is 2. The van der Waals surface area contributed by atoms with Gasteiger partial charge in [0.05, 0.1) is 24.4 Å². The SMILES string of the molecule is CCC(CO)(CO)NC(=O)c1ccc(C(=O)N2CCN(c3ncccc3NC(C)C)CC2)cc1. The summed E-state index contributed by atoms with van der Waals surface area (Å²) in [6.07, 6.45) is 2.17. The molecule has 1 aromatic heterocycles. The van der Waals surface area contributed by atoms with Crippen LogP contribution in [0.5, 0.6) is 0 Å². The molecule has 0 unspecified atom stereocenters. The van der Waals surface area contributed by atoms with Gasteiger partial charge in [0.1, 0.15) is 0 Å². The van der Waals surface area contributed by atoms with Gasteiger partial charge in [0.2, 0.25) is 0 Å². The maximum absolute atomic E-state index is 13.0. The number of nitrogens with one attached hydrogen (secondary N) is 2. The smallest absolute Gasteiger partial charge is 0.253 e. The highest BCUT2D eigenvalue weighted by molar-refractivity contribution is 5.98. The molecule has 4 N–H and O–H groups in total. The number of nitrogens with zero attached hydrogens (tertiary/aromatic N) is 3. The number of benzene rings is 1. The van der Waals surface area contributed by atoms with E-state index in [1.807, 2.05) is 17.0 Å². The second-order valence-electron chi connectivity index (χ2n) is 8.93. The highest BCUT2D eigenvalue weighted by Crippen LogP contribution is 2.25. The van der Waals surface area contributed by atoms with Gasteiger partial charge in [-0.2, -0.15) is 0 Å². The number of pyridine rings is 1. The van der Waals surface area contributed by atoms with Crippen molar-refractivity contribution < 1.29 is 19.8 Å². The molecule has 9 nitrogen and oxygen atoms in total. The molecule has 0 saturated carbocycles. The number of aromatic nitrogens is 1. The van der Waals surface area contributed by atoms with Gasteiger partial charge in [0.25, 0.3) is 11.8 Å². The highest BCUT2D eigenvalue weighted by Gasteiger charge is 2.29. The summed E-state index contributed by atoms with van der Waals surface area (Å²) < 4.78 is 0. The molecule has 184 valence electrons. The van der Waals surface area contributed by atoms with Gasteiger partial charge < -0.3 is 30.6 Å². The third kappa shape index (κ3) is 5.84. The largest absolute Gasteiger partial charge is 0.394 e. The number of hydrogen-bond donors (Lipinski definition) is 4. The van der Waals surface area contributed by atoms with Crippen LogP contribution in [0.3, 0.4) is 0 Å². The third-order valence-corrected chi connectivity index (χ3v) is 6.15. The summed E-state index contributed by atoms with van der Waals surface area (Å²) in [7, 11) is 0. The van der Waals surface area contributed by atoms with Crippen LogP contribution in [-0.2, 0) is 0 Å². The molecule has 2 heterocycles. The molecule has 2 amide bonds. The van der Waals surface area contributed by atoms with E-state index >= 15 is 0 Å². The van der Waals surface area contributed by atoms with E-state index in [9.17, 15) is 19.8 Å². The summed E-state index contributed by atoms with van der Waals surface area (Å²) in [6, 6.07) is 10.7. The topological polar surface area (TPSA) is 118 Å². The minimum absolute atomic E-state index is 0.0817. The van der Waals surface area contributed by atoms with Crippen molar-refractivity contribution in [3.8, 4) is 0 Å². The lowest BCUT2D eigenvalue weighted by Crippen LogP contribution is -2.53. The van der Waals surface area contributed by atoms with E-state index in [2.05, 4.69) is 34.4 Å². The van der Waals surface area contributed by atoms with Crippen molar-refractivity contribution in [2.75, 3.05) is 49.6 Å². The Bertz CT molecular complexity index is 959. The Labute approximate surface area is 200 Å². The fourth-order valence-corrected chi connectivity index (χ4v) is 3.89. The molecule has 1 fully saturated rings. The monoisotopic (exact) mass is 469 g/mol. The first-order valence-corrected chi connectivity index (χ1v) is 11.7. The van der Waals surface area contributed by atoms with E-state index in [-0.39, 0.29) is 19.1 Å². The van der Waals surface area contributed by atoms with Gasteiger partial charge in [0.15, 0.2) is 5.82 Å². The van der Waals surface area contributed by atoms with E-state index in [4.69, 9.17) is 0 Å². The molecule has 1 aliphatic heterocycles. The molecular weight excluding hydrogens is 434 g/mol. The van der Waals surface area contributed by atoms with Crippen molar-refractivity contribution in [3.63, 3.8) is 0 Å². The van der Waals surface area contributed by atoms with Crippen molar-refractivity contribution in [2.24, 2.45) is 0 Å². The van der Waals surface area contributed by atoms with Crippen LogP contribution >= 0.6 is 0 Å². The molecule has 3 rings (SSSR count). The standard InChI is InChI=1S/C25H35N5O4/c1-4-25(16-31,17-32)28-23(33)19-7-9-20(10-8-19)24(34)30-14-12-29(13-15-30)22-21(27-18(2)3)6-5-11-26-22/h5-11,18,27,31-32H,4,12-17H2,1-3H3,(H,28,33). The predicted molar refractivity (Wildman–Crippen MR) is 132 cm³/mol. The van der Waals surface area contributed by atoms with E-state index in [0.717, 1.165) is 11.5 Å². The second kappa shape index (κ2) is 11.3. The van der Waals surface area contributed by atoms with E-state index in [1.54, 1.807) is 37.4 Å². The number of aliphatic hydroxyl groups is 2. The average molecular weight is 470 g/mol. The molecule has 0 aliphatic carbocycles. The van der Waals surface area contributed by atoms with E-state index < -0.39 is 11.4 Å². The lowest BCUT2D eigenvalue weighted by atomic mass is 9.97. The Kier molecular flexibility index (Phi) is 8.46. The van der Waals surface area contributed by atoms with Gasteiger partial charge in [-0.25, -0.2) is 4.98 Å². The Balaban J connectivity index is 1.61. The summed E-state index contributed by atoms with van der Waals surface area (Å²) in [4.78, 5) is 34.1. The zero-order valence-corrected chi connectivity index (χ0v) is 20.1. The molecular formula is C25H35N5O4. The van der Waals surface area contributed by atoms with Crippen molar-refractivity contribution >= 4 is 23.3 Å². The van der Waals surface area contributed by atoms with Crippen LogP contribution < -0.4 is 15.5 Å². The van der Waals surface area contributed by atoms with Crippen molar-refractivity contribution in [1.29, 1.82) is 0 Å². The first-order chi connectivity index (χ1) is 16.3. The van der Waals surface area contributed by atoms with E-state index in [1.165, 1.54) is 0 Å². The second-order valence-corrected chi connectivity index (χ2v) is 8.93. The normalized spacial score (nSPS) is 14.3. The van der Waals surface area contributed by atoms with Crippen LogP contribution in [-0.4, -0.2) is 82.9 Å². The average Bonchev–Trinajstić information content (AvgIpc) is 2.87. The highest BCUT2D eigenvalue weighted by atomic mass is 16.3. The summed E-state index contributed by atoms with van der Waals surface area (Å²) >= 11 is 0. The molecule has 0 radical (unpaired) electrons. The van der Waals surface area contributed by atoms with Crippen molar-refractivity contribution in [2.45, 2.75) is 38.8 Å². The zero-order chi connectivity index (χ0) is 24.7. The summed E-state index contributed by atoms with van der Waals surface area (Å²) in [5.41, 5.74) is 0.793. The zero-order valence-electron chi connectivity index (χ0n) is 20.1. The maximum Gasteiger partial charge on any atom is 0.253 e. The number of amides is 2. The molecule has 0 atom stereocenters. The molecule has 0 bridgehead atoms. The molecule has 0 spiro atoms. The predicted octanol–water partition coefficient (Wildman–Crippen LogP) is 1.73. The minimum atomic E-state index is -1.07. The van der Waals surface area contributed by atoms with Crippen LogP contribution in [0, 0.1) is 0 Å². The Morgan fingerprint density at radius 3 is 2.21 bits per heavy atom. The van der Waals surface area contributed by atoms with Gasteiger partial charge in [-0.1, -0.05) is 6.92 Å². The van der Waals surface area contributed by atoms with Gasteiger partial charge in [0, 0.05) is 49.5 Å². The number of aliphatic hydroxyl groups excluding tert-OH is 2. The minimum Gasteiger partial charge on any atom is -0.394 e. The number of rotatable bonds is 9. The number of piperazine rings is 1. The van der Waals surface area contributed by atoms with Crippen molar-refractivity contribution in [1.82, 2.24) is 15.2 Å². The Hall–Kier alpha value is -3.17. The van der Waals surface area contributed by atoms with Gasteiger partial charge in [-0.3, -0.25) is 9.59 Å². The van der Waals surface area contributed by atoms with Crippen molar-refractivity contribution in [3.05, 3.63) is 53.7 Å². The van der Waals surface area contributed by atoms with Crippen LogP contribution in [0.15, 0.2) is 42.6 Å². The summed E-state index contributed by atoms with van der Waals surface area (Å²) in [6.45, 7) is 7.74. The summed E-state index contributed by atoms with van der Waals surface area (Å²) in [5, 5.41) is 25.2. The first kappa shape index (κ1) is 25.5. The quantitative estimate of drug-likeness (QED) is 0.442. The molecule has 2 aromatic rings. The van der Waals surface area contributed by atoms with E-state index in [0.29, 0.717) is 49.8 Å². The number of hydrogen-bond acceptors (Lipinski definition) is 7. The fourth-order valence-electron chi connectivity index (χ4n) is 3.89. The van der Waals surface area contributed by atoms with Crippen LogP contribution in [0.2, 0.25) is 0 Å². The molecule has 1 aromatic carbocycles. The first-order valence-electron chi connectivity index (χ1n) is 11.7.